The number of carbonyl (C=O) groups excluding carboxylic acids is 5. The zero-order chi connectivity index (χ0) is 18.0. The summed E-state index contributed by atoms with van der Waals surface area (Å²) in [4.78, 5) is 57.5. The van der Waals surface area contributed by atoms with Crippen molar-refractivity contribution in [2.45, 2.75) is 33.2 Å². The van der Waals surface area contributed by atoms with E-state index in [0.717, 1.165) is 7.11 Å². The van der Waals surface area contributed by atoms with Crippen LogP contribution in [0.15, 0.2) is 0 Å². The summed E-state index contributed by atoms with van der Waals surface area (Å²) >= 11 is 0.541. The number of ether oxygens (including phenoxy) is 2. The number of hydrogen-bond acceptors (Lipinski definition) is 8. The van der Waals surface area contributed by atoms with Crippen molar-refractivity contribution in [3.8, 4) is 0 Å². The number of esters is 2. The lowest BCUT2D eigenvalue weighted by Crippen LogP contribution is -2.45. The summed E-state index contributed by atoms with van der Waals surface area (Å²) in [5.41, 5.74) is 0. The van der Waals surface area contributed by atoms with E-state index in [9.17, 15) is 24.0 Å². The second-order valence-corrected chi connectivity index (χ2v) is 5.74. The molecular formula is C14H21NO7S. The molecule has 0 aromatic heterocycles. The van der Waals surface area contributed by atoms with Crippen LogP contribution in [-0.4, -0.2) is 54.3 Å². The summed E-state index contributed by atoms with van der Waals surface area (Å²) in [6, 6.07) is -1.05. The number of carbonyl (C=O) groups is 5. The van der Waals surface area contributed by atoms with Crippen LogP contribution in [-0.2, 0) is 33.4 Å². The molecule has 0 radical (unpaired) electrons. The van der Waals surface area contributed by atoms with E-state index in [1.807, 2.05) is 0 Å². The van der Waals surface area contributed by atoms with Gasteiger partial charge in [-0.2, -0.15) is 0 Å². The average molecular weight is 347 g/mol. The van der Waals surface area contributed by atoms with Crippen LogP contribution in [0.1, 0.15) is 27.2 Å². The van der Waals surface area contributed by atoms with Gasteiger partial charge in [-0.05, 0) is 6.92 Å². The van der Waals surface area contributed by atoms with Crippen LogP contribution < -0.4 is 5.32 Å². The van der Waals surface area contributed by atoms with E-state index in [4.69, 9.17) is 4.74 Å². The highest BCUT2D eigenvalue weighted by Gasteiger charge is 2.26. The Hall–Kier alpha value is -1.90. The number of hydrogen-bond donors (Lipinski definition) is 1. The lowest BCUT2D eigenvalue weighted by Gasteiger charge is -2.17. The molecule has 1 atom stereocenters. The minimum Gasteiger partial charge on any atom is -0.469 e. The van der Waals surface area contributed by atoms with Gasteiger partial charge < -0.3 is 14.8 Å². The molecule has 0 aliphatic carbocycles. The Bertz CT molecular complexity index is 476. The molecular weight excluding hydrogens is 326 g/mol. The molecule has 0 heterocycles. The Morgan fingerprint density at radius 2 is 1.74 bits per heavy atom. The van der Waals surface area contributed by atoms with Gasteiger partial charge in [-0.1, -0.05) is 25.6 Å². The van der Waals surface area contributed by atoms with E-state index < -0.39 is 35.3 Å². The third-order valence-corrected chi connectivity index (χ3v) is 3.54. The molecule has 0 aromatic rings. The second kappa shape index (κ2) is 10.8. The number of ketones is 1. The largest absolute Gasteiger partial charge is 0.469 e. The van der Waals surface area contributed by atoms with Crippen LogP contribution in [0.2, 0.25) is 0 Å². The maximum absolute atomic E-state index is 11.8. The second-order valence-electron chi connectivity index (χ2n) is 4.74. The van der Waals surface area contributed by atoms with Gasteiger partial charge in [0.25, 0.3) is 5.12 Å². The van der Waals surface area contributed by atoms with Crippen molar-refractivity contribution in [1.82, 2.24) is 5.32 Å². The van der Waals surface area contributed by atoms with Crippen LogP contribution >= 0.6 is 11.8 Å². The molecule has 0 rings (SSSR count). The molecule has 9 heteroatoms. The summed E-state index contributed by atoms with van der Waals surface area (Å²) in [6.45, 7) is 5.02. The Kier molecular flexibility index (Phi) is 9.87. The van der Waals surface area contributed by atoms with Crippen LogP contribution in [0, 0.1) is 5.92 Å². The molecule has 1 unspecified atom stereocenters. The van der Waals surface area contributed by atoms with E-state index in [-0.39, 0.29) is 24.2 Å². The molecule has 0 saturated carbocycles. The fourth-order valence-corrected chi connectivity index (χ4v) is 2.04. The van der Waals surface area contributed by atoms with Crippen molar-refractivity contribution in [1.29, 1.82) is 0 Å². The first kappa shape index (κ1) is 21.1. The number of Topliss-reactive ketones (excluding diaryl/α,β-unsaturated/α-hetero) is 1. The van der Waals surface area contributed by atoms with Gasteiger partial charge in [0.1, 0.15) is 12.5 Å². The van der Waals surface area contributed by atoms with Gasteiger partial charge in [-0.25, -0.2) is 4.79 Å². The minimum absolute atomic E-state index is 0.118. The molecule has 0 aliphatic heterocycles. The number of rotatable bonds is 9. The summed E-state index contributed by atoms with van der Waals surface area (Å²) in [6.07, 6.45) is -0.662. The molecule has 0 saturated heterocycles. The monoisotopic (exact) mass is 347 g/mol. The molecule has 1 N–H and O–H groups in total. The normalized spacial score (nSPS) is 11.5. The van der Waals surface area contributed by atoms with E-state index in [1.165, 1.54) is 0 Å². The Balaban J connectivity index is 4.67. The van der Waals surface area contributed by atoms with Crippen LogP contribution in [0.3, 0.4) is 0 Å². The van der Waals surface area contributed by atoms with Gasteiger partial charge in [0.2, 0.25) is 11.7 Å². The first-order chi connectivity index (χ1) is 10.7. The van der Waals surface area contributed by atoms with Gasteiger partial charge in [-0.3, -0.25) is 19.2 Å². The van der Waals surface area contributed by atoms with Gasteiger partial charge in [-0.15, -0.1) is 0 Å². The van der Waals surface area contributed by atoms with E-state index >= 15 is 0 Å². The van der Waals surface area contributed by atoms with E-state index in [0.29, 0.717) is 11.8 Å². The third-order valence-electron chi connectivity index (χ3n) is 2.55. The molecule has 130 valence electrons. The summed E-state index contributed by atoms with van der Waals surface area (Å²) in [5, 5.41) is 1.57. The van der Waals surface area contributed by atoms with Crippen LogP contribution in [0.5, 0.6) is 0 Å². The smallest absolute Gasteiger partial charge is 0.329 e. The van der Waals surface area contributed by atoms with E-state index in [1.54, 1.807) is 20.8 Å². The number of nitrogens with one attached hydrogen (secondary N) is 1. The zero-order valence-corrected chi connectivity index (χ0v) is 14.4. The number of methoxy groups -OCH3 is 1. The number of thioether (sulfide) groups is 1. The fourth-order valence-electron chi connectivity index (χ4n) is 1.26. The van der Waals surface area contributed by atoms with Gasteiger partial charge in [0.05, 0.1) is 13.7 Å². The highest BCUT2D eigenvalue weighted by Crippen LogP contribution is 2.09. The maximum atomic E-state index is 11.8. The molecule has 0 bridgehead atoms. The van der Waals surface area contributed by atoms with Crippen molar-refractivity contribution in [2.75, 3.05) is 19.5 Å². The third kappa shape index (κ3) is 8.34. The van der Waals surface area contributed by atoms with Crippen molar-refractivity contribution >= 4 is 40.5 Å². The lowest BCUT2D eigenvalue weighted by molar-refractivity contribution is -0.147. The average Bonchev–Trinajstić information content (AvgIpc) is 2.50. The zero-order valence-electron chi connectivity index (χ0n) is 13.5. The quantitative estimate of drug-likeness (QED) is 0.354. The molecule has 0 aromatic carbocycles. The highest BCUT2D eigenvalue weighted by molar-refractivity contribution is 8.15. The van der Waals surface area contributed by atoms with Gasteiger partial charge >= 0.3 is 11.9 Å². The maximum Gasteiger partial charge on any atom is 0.329 e. The minimum atomic E-state index is -1.05. The summed E-state index contributed by atoms with van der Waals surface area (Å²) in [7, 11) is 1.10. The Labute approximate surface area is 138 Å². The fraction of sp³-hybridized carbons (Fsp3) is 0.643. The molecule has 1 amide bonds. The summed E-state index contributed by atoms with van der Waals surface area (Å²) < 4.78 is 9.12. The molecule has 8 nitrogen and oxygen atoms in total. The lowest BCUT2D eigenvalue weighted by atomic mass is 10.2. The predicted molar refractivity (Wildman–Crippen MR) is 82.5 cm³/mol. The Morgan fingerprint density at radius 3 is 2.22 bits per heavy atom. The first-order valence-corrected chi connectivity index (χ1v) is 7.95. The highest BCUT2D eigenvalue weighted by atomic mass is 32.2. The number of amides is 1. The van der Waals surface area contributed by atoms with Crippen molar-refractivity contribution in [3.05, 3.63) is 0 Å². The Morgan fingerprint density at radius 1 is 1.13 bits per heavy atom. The van der Waals surface area contributed by atoms with Crippen LogP contribution in [0.25, 0.3) is 0 Å². The topological polar surface area (TPSA) is 116 Å². The van der Waals surface area contributed by atoms with Crippen molar-refractivity contribution in [2.24, 2.45) is 5.92 Å². The standard InChI is InChI=1S/C14H21NO7S/c1-5-22-13(19)9(15-12(18)8(2)3)7-23-14(20)10(16)6-11(17)21-4/h8-9H,5-7H2,1-4H3,(H,15,18). The first-order valence-electron chi connectivity index (χ1n) is 6.96. The van der Waals surface area contributed by atoms with Gasteiger partial charge in [0, 0.05) is 11.7 Å². The van der Waals surface area contributed by atoms with Gasteiger partial charge in [0.15, 0.2) is 0 Å². The molecule has 0 fully saturated rings. The van der Waals surface area contributed by atoms with E-state index in [2.05, 4.69) is 10.1 Å². The van der Waals surface area contributed by atoms with Crippen molar-refractivity contribution in [3.63, 3.8) is 0 Å². The molecule has 0 aliphatic rings. The van der Waals surface area contributed by atoms with Crippen LogP contribution in [0.4, 0.5) is 0 Å². The predicted octanol–water partition coefficient (Wildman–Crippen LogP) is 0.0823. The van der Waals surface area contributed by atoms with Crippen molar-refractivity contribution < 1.29 is 33.4 Å². The SMILES string of the molecule is CCOC(=O)C(CSC(=O)C(=O)CC(=O)OC)NC(=O)C(C)C. The summed E-state index contributed by atoms with van der Waals surface area (Å²) in [5.74, 6) is -3.34. The molecule has 0 spiro atoms. The molecule has 23 heavy (non-hydrogen) atoms.